The lowest BCUT2D eigenvalue weighted by molar-refractivity contribution is 0.151. The van der Waals surface area contributed by atoms with E-state index in [1.807, 2.05) is 133 Å². The number of halogens is 4. The maximum atomic E-state index is 12.8. The van der Waals surface area contributed by atoms with Gasteiger partial charge in [0.2, 0.25) is 33.8 Å². The molecule has 4 aliphatic rings. The monoisotopic (exact) mass is 1730 g/mol. The number of nitrogens with one attached hydrogen (secondary N) is 8. The highest BCUT2D eigenvalue weighted by atomic mass is 79.9. The van der Waals surface area contributed by atoms with Crippen LogP contribution in [0.5, 0.6) is 23.0 Å². The molecule has 32 heteroatoms. The molecular weight excluding hydrogens is 1650 g/mol. The number of fused-ring (bicyclic) bond motifs is 4. The fraction of sp³-hybridized carbons (Fsp3) is 0.253. The molecule has 2 atom stereocenters. The second kappa shape index (κ2) is 37.7. The Hall–Kier alpha value is -10.7. The largest absolute Gasteiger partial charge is 0.490 e. The van der Waals surface area contributed by atoms with Crippen molar-refractivity contribution in [1.29, 1.82) is 0 Å². The second-order valence-electron chi connectivity index (χ2n) is 27.7. The highest BCUT2D eigenvalue weighted by Gasteiger charge is 2.24. The maximum Gasteiger partial charge on any atom is 0.263 e. The third kappa shape index (κ3) is 22.1. The minimum Gasteiger partial charge on any atom is -0.490 e. The van der Waals surface area contributed by atoms with E-state index in [2.05, 4.69) is 130 Å². The average molecular weight is 1730 g/mol. The molecule has 10 N–H and O–H groups in total. The van der Waals surface area contributed by atoms with Gasteiger partial charge in [0, 0.05) is 144 Å². The van der Waals surface area contributed by atoms with Crippen LogP contribution in [0, 0.1) is 6.92 Å². The topological polar surface area (TPSA) is 322 Å². The van der Waals surface area contributed by atoms with Gasteiger partial charge in [-0.15, -0.1) is 22.7 Å². The molecule has 115 heavy (non-hydrogen) atoms. The first-order valence-electron chi connectivity index (χ1n) is 37.5. The molecule has 0 amide bonds. The quantitative estimate of drug-likeness (QED) is 0.0323. The molecule has 4 saturated heterocycles. The van der Waals surface area contributed by atoms with Gasteiger partial charge in [-0.05, 0) is 187 Å². The third-order valence-corrected chi connectivity index (χ3v) is 22.3. The Kier molecular flexibility index (Phi) is 26.1. The van der Waals surface area contributed by atoms with Crippen LogP contribution in [0.2, 0.25) is 0 Å². The number of piperidine rings is 2. The first kappa shape index (κ1) is 79.6. The Balaban J connectivity index is 0.000000122. The van der Waals surface area contributed by atoms with Crippen molar-refractivity contribution in [3.05, 3.63) is 225 Å². The fourth-order valence-electron chi connectivity index (χ4n) is 13.4. The molecule has 14 aromatic rings. The van der Waals surface area contributed by atoms with Gasteiger partial charge in [-0.1, -0.05) is 68.3 Å². The summed E-state index contributed by atoms with van der Waals surface area (Å²) in [5, 5.41) is 40.7. The van der Waals surface area contributed by atoms with E-state index in [1.54, 1.807) is 77.8 Å². The number of primary sulfonamides is 1. The van der Waals surface area contributed by atoms with Crippen LogP contribution in [-0.4, -0.2) is 135 Å². The molecule has 0 unspecified atom stereocenters. The van der Waals surface area contributed by atoms with Crippen molar-refractivity contribution >= 4 is 155 Å². The number of aryl methyl sites for hydroxylation is 1. The number of hydrogen-bond acceptors (Lipinski definition) is 26. The normalized spacial score (nSPS) is 15.7. The molecule has 590 valence electrons. The molecule has 10 heterocycles. The molecule has 0 bridgehead atoms. The zero-order valence-electron chi connectivity index (χ0n) is 62.3. The van der Waals surface area contributed by atoms with Gasteiger partial charge in [0.1, 0.15) is 57.4 Å². The Morgan fingerprint density at radius 3 is 1.41 bits per heavy atom. The third-order valence-electron chi connectivity index (χ3n) is 19.0. The lowest BCUT2D eigenvalue weighted by Gasteiger charge is -2.25. The summed E-state index contributed by atoms with van der Waals surface area (Å²) in [5.41, 5.74) is 9.99. The predicted octanol–water partition coefficient (Wildman–Crippen LogP) is 17.0. The summed E-state index contributed by atoms with van der Waals surface area (Å²) in [7, 11) is -3.62. The van der Waals surface area contributed by atoms with Crippen LogP contribution in [0.15, 0.2) is 209 Å². The SMILES string of the molecule is Brc1ccc2nc(Nc3cccc(O[C@@H]4CCNC4)c3)ncc2c1.Cc1cc(Br)cc2cnc(Nc3cccc(O[C@@H]4CCNC4)c3)nc12.FC(F)c1ccc(Nc2ncc3cc(-c4nccs4)c(OC4CCNCC4)cc3n2)cc1.NS(=O)(=O)Cc1cccc(Nc2ncc3cc(-c4nccs4)c(OC4CCNCC4)cc3n2)c1. The number of rotatable bonds is 21. The molecule has 25 nitrogen and oxygen atoms in total. The number of anilines is 8. The van der Waals surface area contributed by atoms with Gasteiger partial charge >= 0.3 is 0 Å². The number of nitrogens with zero attached hydrogens (tertiary/aromatic N) is 10. The van der Waals surface area contributed by atoms with Crippen LogP contribution in [0.1, 0.15) is 61.6 Å². The number of hydrogen-bond donors (Lipinski definition) is 9. The number of aromatic nitrogens is 10. The van der Waals surface area contributed by atoms with Gasteiger partial charge in [-0.3, -0.25) is 0 Å². The van der Waals surface area contributed by atoms with Crippen LogP contribution in [-0.2, 0) is 15.8 Å². The molecule has 0 spiro atoms. The van der Waals surface area contributed by atoms with Crippen molar-refractivity contribution in [2.45, 2.75) is 82.0 Å². The van der Waals surface area contributed by atoms with Gasteiger partial charge in [-0.25, -0.2) is 72.2 Å². The van der Waals surface area contributed by atoms with E-state index in [0.29, 0.717) is 40.7 Å². The Labute approximate surface area is 687 Å². The van der Waals surface area contributed by atoms with Crippen molar-refractivity contribution in [3.63, 3.8) is 0 Å². The summed E-state index contributed by atoms with van der Waals surface area (Å²) >= 11 is 10.1. The summed E-state index contributed by atoms with van der Waals surface area (Å²) in [4.78, 5) is 45.1. The summed E-state index contributed by atoms with van der Waals surface area (Å²) < 4.78 is 75.2. The minimum absolute atomic E-state index is 0.0237. The smallest absolute Gasteiger partial charge is 0.263 e. The lowest BCUT2D eigenvalue weighted by atomic mass is 10.1. The van der Waals surface area contributed by atoms with Crippen molar-refractivity contribution in [1.82, 2.24) is 71.1 Å². The van der Waals surface area contributed by atoms with Crippen LogP contribution in [0.25, 0.3) is 64.8 Å². The van der Waals surface area contributed by atoms with E-state index in [0.717, 1.165) is 205 Å². The van der Waals surface area contributed by atoms with Gasteiger partial charge in [0.25, 0.3) is 6.43 Å². The molecule has 6 aromatic heterocycles. The molecule has 4 fully saturated rings. The number of sulfonamides is 1. The van der Waals surface area contributed by atoms with Crippen molar-refractivity contribution in [3.8, 4) is 44.1 Å². The summed E-state index contributed by atoms with van der Waals surface area (Å²) in [6.45, 7) is 9.63. The van der Waals surface area contributed by atoms with Gasteiger partial charge in [-0.2, -0.15) is 0 Å². The Morgan fingerprint density at radius 2 is 0.922 bits per heavy atom. The highest BCUT2D eigenvalue weighted by Crippen LogP contribution is 2.39. The maximum absolute atomic E-state index is 12.8. The van der Waals surface area contributed by atoms with Gasteiger partial charge in [0.15, 0.2) is 0 Å². The van der Waals surface area contributed by atoms with E-state index in [1.165, 1.54) is 12.1 Å². The van der Waals surface area contributed by atoms with Crippen LogP contribution in [0.3, 0.4) is 0 Å². The van der Waals surface area contributed by atoms with Crippen LogP contribution < -0.4 is 66.6 Å². The average Bonchev–Trinajstić information content (AvgIpc) is 1.78. The number of nitrogens with two attached hydrogens (primary N) is 1. The fourth-order valence-corrected chi connectivity index (χ4v) is 16.3. The zero-order chi connectivity index (χ0) is 79.0. The zero-order valence-corrected chi connectivity index (χ0v) is 67.9. The molecule has 8 aromatic carbocycles. The van der Waals surface area contributed by atoms with Crippen molar-refractivity contribution in [2.24, 2.45) is 5.14 Å². The summed E-state index contributed by atoms with van der Waals surface area (Å²) in [5.74, 6) is 4.93. The van der Waals surface area contributed by atoms with Crippen molar-refractivity contribution < 1.29 is 36.1 Å². The van der Waals surface area contributed by atoms with E-state index in [9.17, 15) is 17.2 Å². The molecule has 18 rings (SSSR count). The van der Waals surface area contributed by atoms with E-state index >= 15 is 0 Å². The number of alkyl halides is 2. The first-order chi connectivity index (χ1) is 56.0. The predicted molar refractivity (Wildman–Crippen MR) is 458 cm³/mol. The van der Waals surface area contributed by atoms with Crippen LogP contribution >= 0.6 is 54.5 Å². The second-order valence-corrected chi connectivity index (χ2v) is 32.9. The Bertz CT molecular complexity index is 5770. The minimum atomic E-state index is -3.62. The van der Waals surface area contributed by atoms with Crippen molar-refractivity contribution in [2.75, 3.05) is 73.6 Å². The number of ether oxygens (including phenoxy) is 4. The van der Waals surface area contributed by atoms with E-state index < -0.39 is 16.4 Å². The van der Waals surface area contributed by atoms with E-state index in [4.69, 9.17) is 24.1 Å². The standard InChI is InChI=1S/C23H21F2N5OS.C23H24N6O3S2.C19H19BrN4O.C18H17BrN4O/c24-21(25)14-1-3-16(4-2-14)29-23-28-13-15-11-18(22-27-9-10-32-22)20(12-19(15)30-23)31-17-5-7-26-8-6-17;24-34(30,31)14-15-2-1-3-17(10-15)28-23-27-13-16-11-19(22-26-8-9-33-22)21(12-20(16)29-23)32-18-4-6-25-7-5-18;1-12-7-14(20)8-13-10-22-19(24-18(12)13)23-15-3-2-4-16(9-15)25-17-5-6-21-11-17;19-13-4-5-17-12(8-13)10-21-18(23-17)22-14-2-1-3-15(9-14)24-16-6-7-20-11-16/h1-4,9-13,17,21,26H,5-8H2,(H,28,29,30);1-3,8-13,18,25H,4-7,14H2,(H2,24,30,31)(H,27,28,29);2-4,7-10,17,21H,5-6,11H2,1H3,(H,22,23,24);1-5,8-10,16,20H,6-7,11H2,(H,21,22,23)/t;;17-;16-/m..11/s1. The molecule has 0 radical (unpaired) electrons. The van der Waals surface area contributed by atoms with Crippen LogP contribution in [0.4, 0.5) is 55.3 Å². The molecule has 0 saturated carbocycles. The highest BCUT2D eigenvalue weighted by molar-refractivity contribution is 9.10. The van der Waals surface area contributed by atoms with Gasteiger partial charge in [0.05, 0.1) is 38.9 Å². The summed E-state index contributed by atoms with van der Waals surface area (Å²) in [6, 6.07) is 46.7. The lowest BCUT2D eigenvalue weighted by Crippen LogP contribution is -2.34. The molecule has 0 aliphatic carbocycles. The Morgan fingerprint density at radius 1 is 0.470 bits per heavy atom. The number of thiazole rings is 2. The van der Waals surface area contributed by atoms with E-state index in [-0.39, 0.29) is 35.7 Å². The van der Waals surface area contributed by atoms with Gasteiger partial charge < -0.3 is 61.5 Å². The number of benzene rings is 8. The first-order valence-corrected chi connectivity index (χ1v) is 42.6. The summed E-state index contributed by atoms with van der Waals surface area (Å²) in [6.07, 6.45) is 14.9. The molecular formula is C83H81Br2F2N19O6S3. The molecule has 4 aliphatic heterocycles.